The second-order valence-corrected chi connectivity index (χ2v) is 10.3. The molecule has 0 radical (unpaired) electrons. The lowest BCUT2D eigenvalue weighted by Crippen LogP contribution is -2.46. The molecule has 2 aromatic carbocycles. The Hall–Kier alpha value is -4.15. The first kappa shape index (κ1) is 26.1. The topological polar surface area (TPSA) is 95.1 Å². The molecule has 6 rings (SSSR count). The van der Waals surface area contributed by atoms with Crippen molar-refractivity contribution in [3.63, 3.8) is 0 Å². The molecule has 0 unspecified atom stereocenters. The first-order chi connectivity index (χ1) is 19.6. The van der Waals surface area contributed by atoms with Gasteiger partial charge < -0.3 is 20.3 Å². The van der Waals surface area contributed by atoms with Crippen LogP contribution < -0.4 is 25.3 Å². The maximum Gasteiger partial charge on any atom is 0.247 e. The normalized spacial score (nSPS) is 22.0. The number of anilines is 5. The lowest BCUT2D eigenvalue weighted by molar-refractivity contribution is -0.111. The predicted molar refractivity (Wildman–Crippen MR) is 156 cm³/mol. The number of fused-ring (bicyclic) bond motifs is 2. The molecule has 1 aromatic heterocycles. The maximum atomic E-state index is 12.4. The van der Waals surface area contributed by atoms with Gasteiger partial charge in [-0.3, -0.25) is 14.5 Å². The highest BCUT2D eigenvalue weighted by atomic mass is 16.7. The van der Waals surface area contributed by atoms with E-state index in [1.165, 1.54) is 18.0 Å². The minimum atomic E-state index is -0.264. The number of hydrogen-bond acceptors (Lipinski definition) is 9. The van der Waals surface area contributed by atoms with Crippen molar-refractivity contribution in [2.24, 2.45) is 0 Å². The largest absolute Gasteiger partial charge is 0.494 e. The third-order valence-corrected chi connectivity index (χ3v) is 8.06. The van der Waals surface area contributed by atoms with Gasteiger partial charge in [-0.25, -0.2) is 15.0 Å². The summed E-state index contributed by atoms with van der Waals surface area (Å²) < 4.78 is 5.82. The van der Waals surface area contributed by atoms with E-state index < -0.39 is 0 Å². The van der Waals surface area contributed by atoms with Gasteiger partial charge in [-0.05, 0) is 30.7 Å². The Morgan fingerprint density at radius 2 is 2.00 bits per heavy atom. The van der Waals surface area contributed by atoms with Crippen molar-refractivity contribution in [2.75, 3.05) is 53.9 Å². The van der Waals surface area contributed by atoms with Crippen LogP contribution >= 0.6 is 0 Å². The van der Waals surface area contributed by atoms with Crippen LogP contribution in [0.1, 0.15) is 31.4 Å². The van der Waals surface area contributed by atoms with E-state index in [1.54, 1.807) is 7.11 Å². The van der Waals surface area contributed by atoms with E-state index >= 15 is 0 Å². The van der Waals surface area contributed by atoms with Crippen molar-refractivity contribution in [1.29, 1.82) is 0 Å². The van der Waals surface area contributed by atoms with Crippen LogP contribution in [0.3, 0.4) is 0 Å². The Bertz CT molecular complexity index is 1380. The van der Waals surface area contributed by atoms with Crippen LogP contribution in [0.5, 0.6) is 5.75 Å². The number of likely N-dealkylation sites (N-methyl/N-ethyl adjacent to an activating group) is 1. The average molecular weight is 542 g/mol. The van der Waals surface area contributed by atoms with Crippen molar-refractivity contribution in [1.82, 2.24) is 14.9 Å². The fourth-order valence-corrected chi connectivity index (χ4v) is 6.14. The highest BCUT2D eigenvalue weighted by molar-refractivity contribution is 6.02. The number of nitrogens with one attached hydrogen (secondary N) is 2. The summed E-state index contributed by atoms with van der Waals surface area (Å²) in [5.74, 6) is 1.63. The van der Waals surface area contributed by atoms with E-state index in [0.29, 0.717) is 47.5 Å². The molecule has 0 aliphatic carbocycles. The Balaban J connectivity index is 1.29. The van der Waals surface area contributed by atoms with Gasteiger partial charge in [0.2, 0.25) is 5.91 Å². The van der Waals surface area contributed by atoms with Crippen LogP contribution in [-0.4, -0.2) is 66.2 Å². The van der Waals surface area contributed by atoms with Crippen molar-refractivity contribution in [3.8, 4) is 5.75 Å². The number of benzene rings is 2. The zero-order valence-corrected chi connectivity index (χ0v) is 22.9. The highest BCUT2D eigenvalue weighted by Crippen LogP contribution is 2.43. The smallest absolute Gasteiger partial charge is 0.247 e. The Morgan fingerprint density at radius 1 is 1.15 bits per heavy atom. The quantitative estimate of drug-likeness (QED) is 0.379. The number of amides is 1. The van der Waals surface area contributed by atoms with Gasteiger partial charge in [-0.15, -0.1) is 0 Å². The molecule has 40 heavy (non-hydrogen) atoms. The Morgan fingerprint density at radius 3 is 2.73 bits per heavy atom. The van der Waals surface area contributed by atoms with Crippen LogP contribution in [0.4, 0.5) is 28.7 Å². The molecule has 0 saturated carbocycles. The van der Waals surface area contributed by atoms with E-state index in [4.69, 9.17) is 9.57 Å². The number of carbonyl (C=O) groups is 1. The molecule has 10 heteroatoms. The second kappa shape index (κ2) is 11.1. The summed E-state index contributed by atoms with van der Waals surface area (Å²) in [5.41, 5.74) is 3.49. The second-order valence-electron chi connectivity index (χ2n) is 10.3. The molecule has 3 atom stereocenters. The van der Waals surface area contributed by atoms with Crippen LogP contribution in [0.25, 0.3) is 0 Å². The number of aromatic nitrogens is 2. The van der Waals surface area contributed by atoms with Gasteiger partial charge >= 0.3 is 0 Å². The molecule has 3 fully saturated rings. The van der Waals surface area contributed by atoms with Gasteiger partial charge in [0, 0.05) is 43.7 Å². The summed E-state index contributed by atoms with van der Waals surface area (Å²) in [6, 6.07) is 17.0. The number of hydrogen-bond donors (Lipinski definition) is 2. The minimum absolute atomic E-state index is 0.0675. The Labute approximate surface area is 234 Å². The molecular formula is C30H35N7O3. The molecule has 10 nitrogen and oxygen atoms in total. The van der Waals surface area contributed by atoms with Gasteiger partial charge in [0.1, 0.15) is 17.9 Å². The van der Waals surface area contributed by atoms with E-state index in [9.17, 15) is 4.79 Å². The first-order valence-corrected chi connectivity index (χ1v) is 13.8. The lowest BCUT2D eigenvalue weighted by Gasteiger charge is -2.36. The van der Waals surface area contributed by atoms with Crippen LogP contribution in [-0.2, 0) is 9.63 Å². The molecule has 3 aromatic rings. The fraction of sp³-hybridized carbons (Fsp3) is 0.367. The van der Waals surface area contributed by atoms with Crippen molar-refractivity contribution >= 4 is 34.6 Å². The Kier molecular flexibility index (Phi) is 7.27. The number of hydroxylamine groups is 1. The monoisotopic (exact) mass is 541 g/mol. The summed E-state index contributed by atoms with van der Waals surface area (Å²) >= 11 is 0. The van der Waals surface area contributed by atoms with Gasteiger partial charge in [0.25, 0.3) is 0 Å². The number of piperazine rings is 1. The average Bonchev–Trinajstić information content (AvgIpc) is 3.74. The summed E-state index contributed by atoms with van der Waals surface area (Å²) in [4.78, 5) is 32.2. The number of nitrogens with zero attached hydrogens (tertiary/aromatic N) is 5. The third-order valence-electron chi connectivity index (χ3n) is 8.06. The SMILES string of the molecule is C=CC(=O)Nc1cc(Nc2cc(N3OCC[C@@H]3c3ccccc3)ncn2)c(OC)cc1N1C[C@H]2C[C@@H]1CN2CC. The number of methoxy groups -OCH3 is 1. The zero-order valence-electron chi connectivity index (χ0n) is 22.9. The first-order valence-electron chi connectivity index (χ1n) is 13.8. The number of ether oxygens (including phenoxy) is 1. The van der Waals surface area contributed by atoms with Gasteiger partial charge in [0.15, 0.2) is 5.82 Å². The van der Waals surface area contributed by atoms with E-state index in [1.807, 2.05) is 41.5 Å². The number of carbonyl (C=O) groups excluding carboxylic acids is 1. The molecule has 3 aliphatic rings. The minimum Gasteiger partial charge on any atom is -0.494 e. The van der Waals surface area contributed by atoms with E-state index in [-0.39, 0.29) is 11.9 Å². The standard InChI is InChI=1S/C30H35N7O3/c1-4-30(38)34-23-14-24(27(39-3)15-26(23)36-18-21-13-22(36)17-35(21)5-2)33-28-16-29(32-19-31-28)37-25(11-12-40-37)20-9-7-6-8-10-20/h4,6-10,14-16,19,21-22,25H,1,5,11-13,17-18H2,2-3H3,(H,34,38)(H,31,32,33)/t21-,22-,25-/m1/s1. The molecule has 0 spiro atoms. The van der Waals surface area contributed by atoms with E-state index in [2.05, 4.69) is 56.0 Å². The molecule has 3 aliphatic heterocycles. The van der Waals surface area contributed by atoms with Crippen LogP contribution in [0, 0.1) is 0 Å². The summed E-state index contributed by atoms with van der Waals surface area (Å²) in [7, 11) is 1.65. The fourth-order valence-electron chi connectivity index (χ4n) is 6.14. The van der Waals surface area contributed by atoms with Gasteiger partial charge in [0.05, 0.1) is 36.8 Å². The van der Waals surface area contributed by atoms with Crippen molar-refractivity contribution in [3.05, 3.63) is 73.1 Å². The van der Waals surface area contributed by atoms with Crippen molar-refractivity contribution in [2.45, 2.75) is 37.9 Å². The predicted octanol–water partition coefficient (Wildman–Crippen LogP) is 4.52. The molecule has 3 saturated heterocycles. The van der Waals surface area contributed by atoms with Gasteiger partial charge in [-0.1, -0.05) is 43.8 Å². The lowest BCUT2D eigenvalue weighted by atomic mass is 10.0. The van der Waals surface area contributed by atoms with Crippen molar-refractivity contribution < 1.29 is 14.4 Å². The molecule has 2 N–H and O–H groups in total. The molecular weight excluding hydrogens is 506 g/mol. The van der Waals surface area contributed by atoms with E-state index in [0.717, 1.165) is 38.2 Å². The molecule has 1 amide bonds. The molecule has 208 valence electrons. The highest BCUT2D eigenvalue weighted by Gasteiger charge is 2.43. The number of rotatable bonds is 9. The third kappa shape index (κ3) is 4.96. The molecule has 4 heterocycles. The molecule has 2 bridgehead atoms. The van der Waals surface area contributed by atoms with Crippen LogP contribution in [0.15, 0.2) is 67.5 Å². The maximum absolute atomic E-state index is 12.4. The summed E-state index contributed by atoms with van der Waals surface area (Å²) in [5, 5.41) is 8.24. The van der Waals surface area contributed by atoms with Crippen LogP contribution in [0.2, 0.25) is 0 Å². The van der Waals surface area contributed by atoms with Gasteiger partial charge in [-0.2, -0.15) is 0 Å². The number of likely N-dealkylation sites (tertiary alicyclic amines) is 1. The zero-order chi connectivity index (χ0) is 27.6. The summed E-state index contributed by atoms with van der Waals surface area (Å²) in [6.45, 7) is 9.45. The summed E-state index contributed by atoms with van der Waals surface area (Å²) in [6.07, 6.45) is 4.79.